The molecule has 0 radical (unpaired) electrons. The number of carboxylic acid groups (broad SMARTS) is 1. The molecule has 19 heteroatoms. The Bertz CT molecular complexity index is 2210. The van der Waals surface area contributed by atoms with Gasteiger partial charge in [-0.15, -0.1) is 0 Å². The lowest BCUT2D eigenvalue weighted by atomic mass is 9.89. The minimum Gasteiger partial charge on any atom is -0.744 e. The number of hydrogen-bond donors (Lipinski definition) is 7. The molecule has 9 N–H and O–H groups in total. The van der Waals surface area contributed by atoms with Crippen molar-refractivity contribution in [1.82, 2.24) is 10.7 Å². The summed E-state index contributed by atoms with van der Waals surface area (Å²) in [5, 5.41) is 19.6. The molecule has 2 amide bonds. The fraction of sp³-hybridized carbons (Fsp3) is 0.148. The summed E-state index contributed by atoms with van der Waals surface area (Å²) in [6.07, 6.45) is -0.213. The first-order valence-electron chi connectivity index (χ1n) is 12.8. The number of amides is 2. The van der Waals surface area contributed by atoms with Crippen molar-refractivity contribution in [3.63, 3.8) is 0 Å². The molecule has 0 fully saturated rings. The Kier molecular flexibility index (Phi) is 9.00. The number of ketones is 1. The van der Waals surface area contributed by atoms with Gasteiger partial charge >= 0.3 is 5.97 Å². The monoisotopic (exact) mass is 674 g/mol. The summed E-state index contributed by atoms with van der Waals surface area (Å²) in [6.45, 7) is 1.27. The second-order valence-electron chi connectivity index (χ2n) is 9.93. The number of hydrogen-bond acceptors (Lipinski definition) is 13. The van der Waals surface area contributed by atoms with Gasteiger partial charge < -0.3 is 29.9 Å². The topological polar surface area (TPSA) is 313 Å². The van der Waals surface area contributed by atoms with Crippen LogP contribution in [0.1, 0.15) is 40.5 Å². The van der Waals surface area contributed by atoms with E-state index in [0.717, 1.165) is 36.4 Å². The van der Waals surface area contributed by atoms with Crippen LogP contribution in [0, 0.1) is 5.41 Å². The lowest BCUT2D eigenvalue weighted by Gasteiger charge is -2.21. The Balaban J connectivity index is 2.06. The van der Waals surface area contributed by atoms with Crippen molar-refractivity contribution in [2.45, 2.75) is 35.6 Å². The molecule has 1 atom stereocenters. The molecule has 17 nitrogen and oxygen atoms in total. The number of anilines is 1. The minimum atomic E-state index is -5.42. The SMILES string of the molecule is CC(=O)CCC(NC(=O)c1ccc(-c2c3ccc(=N)c(S(=O)(=O)O)c-3oc3c(S(=O)(=O)[O-])c(N)ccc23)c(C(=O)O)c1)C(=O)NN. The second kappa shape index (κ2) is 12.3. The maximum Gasteiger partial charge on any atom is 0.336 e. The van der Waals surface area contributed by atoms with Crippen molar-refractivity contribution in [3.8, 4) is 22.5 Å². The van der Waals surface area contributed by atoms with Crippen molar-refractivity contribution in [1.29, 1.82) is 5.41 Å². The smallest absolute Gasteiger partial charge is 0.336 e. The van der Waals surface area contributed by atoms with E-state index in [1.165, 1.54) is 13.0 Å². The maximum atomic E-state index is 13.1. The van der Waals surface area contributed by atoms with Crippen LogP contribution < -0.4 is 27.7 Å². The molecular weight excluding hydrogens is 650 g/mol. The molecule has 1 unspecified atom stereocenters. The van der Waals surface area contributed by atoms with Gasteiger partial charge in [0.05, 0.1) is 16.6 Å². The van der Waals surface area contributed by atoms with Gasteiger partial charge in [-0.25, -0.2) is 19.1 Å². The molecule has 0 saturated carbocycles. The highest BCUT2D eigenvalue weighted by molar-refractivity contribution is 7.86. The van der Waals surface area contributed by atoms with E-state index < -0.39 is 81.8 Å². The number of rotatable bonds is 10. The number of nitrogens with one attached hydrogen (secondary N) is 3. The van der Waals surface area contributed by atoms with Crippen molar-refractivity contribution in [2.24, 2.45) is 5.84 Å². The van der Waals surface area contributed by atoms with Crippen LogP contribution >= 0.6 is 0 Å². The predicted molar refractivity (Wildman–Crippen MR) is 157 cm³/mol. The number of aromatic carboxylic acids is 1. The molecule has 1 aliphatic carbocycles. The maximum absolute atomic E-state index is 13.1. The first kappa shape index (κ1) is 33.7. The predicted octanol–water partition coefficient (Wildman–Crippen LogP) is 0.573. The van der Waals surface area contributed by atoms with E-state index >= 15 is 0 Å². The van der Waals surface area contributed by atoms with E-state index in [-0.39, 0.29) is 46.3 Å². The van der Waals surface area contributed by atoms with Crippen molar-refractivity contribution < 1.29 is 54.6 Å². The van der Waals surface area contributed by atoms with Crippen LogP contribution in [0.3, 0.4) is 0 Å². The summed E-state index contributed by atoms with van der Waals surface area (Å²) in [4.78, 5) is 47.0. The molecule has 1 heterocycles. The molecule has 2 aliphatic rings. The van der Waals surface area contributed by atoms with E-state index in [1.54, 1.807) is 0 Å². The number of carbonyl (C=O) groups is 4. The zero-order chi connectivity index (χ0) is 34.3. The number of benzene rings is 3. The summed E-state index contributed by atoms with van der Waals surface area (Å²) >= 11 is 0. The van der Waals surface area contributed by atoms with Gasteiger partial charge in [0.25, 0.3) is 21.9 Å². The van der Waals surface area contributed by atoms with E-state index in [9.17, 15) is 50.2 Å². The van der Waals surface area contributed by atoms with Crippen molar-refractivity contribution >= 4 is 60.5 Å². The summed E-state index contributed by atoms with van der Waals surface area (Å²) < 4.78 is 76.8. The third-order valence-corrected chi connectivity index (χ3v) is 8.68. The van der Waals surface area contributed by atoms with Crippen LogP contribution in [0.4, 0.5) is 5.69 Å². The van der Waals surface area contributed by atoms with Gasteiger partial charge in [-0.05, 0) is 55.3 Å². The first-order chi connectivity index (χ1) is 21.4. The minimum absolute atomic E-state index is 0.0892. The van der Waals surface area contributed by atoms with Crippen LogP contribution in [0.5, 0.6) is 0 Å². The standard InChI is InChI=1S/C27H25N5O12S2/c1-11(33)2-9-19(26(35)32-30)31-25(34)12-3-4-13(16(10-12)27(36)37)20-14-5-7-17(28)23(45(38,39)40)21(14)44-22-15(20)6-8-18(29)24(22)46(41,42)43/h3-8,10,19,28H,2,9,29-30H2,1H3,(H,31,34)(H,32,35)(H,36,37)(H,38,39,40)(H,41,42,43)/p-1. The fourth-order valence-electron chi connectivity index (χ4n) is 4.83. The number of carbonyl (C=O) groups excluding carboxylic acids is 3. The van der Waals surface area contributed by atoms with Crippen LogP contribution in [0.2, 0.25) is 0 Å². The number of hydrazine groups is 1. The van der Waals surface area contributed by atoms with Gasteiger partial charge in [0.2, 0.25) is 0 Å². The Morgan fingerprint density at radius 3 is 2.24 bits per heavy atom. The number of fused-ring (bicyclic) bond motifs is 2. The normalized spacial score (nSPS) is 12.5. The average Bonchev–Trinajstić information content (AvgIpc) is 2.95. The van der Waals surface area contributed by atoms with Gasteiger partial charge in [0, 0.05) is 28.5 Å². The second-order valence-corrected chi connectivity index (χ2v) is 12.6. The quantitative estimate of drug-likeness (QED) is 0.0302. The summed E-state index contributed by atoms with van der Waals surface area (Å²) in [5.74, 6) is 0.701. The molecule has 4 rings (SSSR count). The number of nitrogens with two attached hydrogens (primary N) is 2. The Labute approximate surface area is 259 Å². The zero-order valence-corrected chi connectivity index (χ0v) is 25.1. The van der Waals surface area contributed by atoms with Crippen LogP contribution in [-0.4, -0.2) is 60.7 Å². The summed E-state index contributed by atoms with van der Waals surface area (Å²) in [6, 6.07) is 6.17. The lowest BCUT2D eigenvalue weighted by Crippen LogP contribution is -2.49. The molecule has 1 aliphatic heterocycles. The lowest BCUT2D eigenvalue weighted by molar-refractivity contribution is -0.123. The van der Waals surface area contributed by atoms with E-state index in [0.29, 0.717) is 0 Å². The number of Topliss-reactive ketones (excluding diaryl/α,β-unsaturated/α-hetero) is 1. The largest absolute Gasteiger partial charge is 0.744 e. The first-order valence-corrected chi connectivity index (χ1v) is 15.7. The number of nitrogen functional groups attached to an aromatic ring is 1. The molecule has 46 heavy (non-hydrogen) atoms. The molecule has 0 saturated heterocycles. The van der Waals surface area contributed by atoms with E-state index in [1.807, 2.05) is 5.43 Å². The third-order valence-electron chi connectivity index (χ3n) is 6.84. The van der Waals surface area contributed by atoms with Crippen LogP contribution in [-0.2, 0) is 29.8 Å². The molecule has 2 aromatic carbocycles. The molecule has 0 bridgehead atoms. The molecule has 0 spiro atoms. The highest BCUT2D eigenvalue weighted by Gasteiger charge is 2.31. The zero-order valence-electron chi connectivity index (χ0n) is 23.5. The van der Waals surface area contributed by atoms with Gasteiger partial charge in [-0.2, -0.15) is 8.42 Å². The van der Waals surface area contributed by atoms with Gasteiger partial charge in [0.15, 0.2) is 16.2 Å². The van der Waals surface area contributed by atoms with Gasteiger partial charge in [-0.1, -0.05) is 6.07 Å². The van der Waals surface area contributed by atoms with Crippen molar-refractivity contribution in [2.75, 3.05) is 5.73 Å². The Morgan fingerprint density at radius 2 is 1.67 bits per heavy atom. The van der Waals surface area contributed by atoms with Crippen LogP contribution in [0.15, 0.2) is 56.7 Å². The Hall–Kier alpha value is -5.21. The summed E-state index contributed by atoms with van der Waals surface area (Å²) in [5.41, 5.74) is 4.63. The molecular formula is C27H24N5O12S2-. The fourth-order valence-corrected chi connectivity index (χ4v) is 6.29. The Morgan fingerprint density at radius 1 is 1.02 bits per heavy atom. The van der Waals surface area contributed by atoms with Crippen molar-refractivity contribution in [3.05, 3.63) is 58.9 Å². The molecule has 2 aromatic rings. The van der Waals surface area contributed by atoms with Crippen LogP contribution in [0.25, 0.3) is 33.4 Å². The van der Waals surface area contributed by atoms with Gasteiger partial charge in [-0.3, -0.25) is 25.0 Å². The summed E-state index contributed by atoms with van der Waals surface area (Å²) in [7, 11) is -10.7. The third kappa shape index (κ3) is 6.43. The van der Waals surface area contributed by atoms with E-state index in [2.05, 4.69) is 5.32 Å². The molecule has 242 valence electrons. The van der Waals surface area contributed by atoms with Gasteiger partial charge in [0.1, 0.15) is 26.8 Å². The highest BCUT2D eigenvalue weighted by Crippen LogP contribution is 2.45. The molecule has 0 aromatic heterocycles. The highest BCUT2D eigenvalue weighted by atomic mass is 32.2. The number of carboxylic acids is 1. The van der Waals surface area contributed by atoms with E-state index in [4.69, 9.17) is 21.4 Å². The average molecular weight is 675 g/mol.